The van der Waals surface area contributed by atoms with Crippen molar-refractivity contribution in [3.63, 3.8) is 0 Å². The molecule has 1 aliphatic carbocycles. The molecule has 9 aromatic carbocycles. The Labute approximate surface area is 262 Å². The average molecular weight is 571 g/mol. The first-order chi connectivity index (χ1) is 22.1. The van der Waals surface area contributed by atoms with E-state index >= 15 is 0 Å². The van der Waals surface area contributed by atoms with Gasteiger partial charge in [0.05, 0.1) is 0 Å². The lowest BCUT2D eigenvalue weighted by Crippen LogP contribution is -2.15. The van der Waals surface area contributed by atoms with Crippen molar-refractivity contribution in [1.29, 1.82) is 0 Å². The summed E-state index contributed by atoms with van der Waals surface area (Å²) in [6, 6.07) is 54.7. The first kappa shape index (κ1) is 24.9. The van der Waals surface area contributed by atoms with Crippen LogP contribution in [0.25, 0.3) is 87.2 Å². The molecule has 0 heterocycles. The zero-order chi connectivity index (χ0) is 29.9. The summed E-state index contributed by atoms with van der Waals surface area (Å²) in [7, 11) is 0. The van der Waals surface area contributed by atoms with Crippen molar-refractivity contribution in [1.82, 2.24) is 0 Å². The first-order valence-electron chi connectivity index (χ1n) is 15.9. The maximum Gasteiger partial charge on any atom is 0.0159 e. The van der Waals surface area contributed by atoms with Gasteiger partial charge in [-0.15, -0.1) is 0 Å². The Bertz CT molecular complexity index is 2650. The van der Waals surface area contributed by atoms with Gasteiger partial charge in [-0.25, -0.2) is 0 Å². The van der Waals surface area contributed by atoms with Gasteiger partial charge in [-0.1, -0.05) is 141 Å². The molecule has 0 saturated carbocycles. The quantitative estimate of drug-likeness (QED) is 0.181. The summed E-state index contributed by atoms with van der Waals surface area (Å²) >= 11 is 0. The van der Waals surface area contributed by atoms with Crippen molar-refractivity contribution in [2.24, 2.45) is 0 Å². The molecule has 0 N–H and O–H groups in total. The third kappa shape index (κ3) is 3.37. The molecule has 0 heteroatoms. The van der Waals surface area contributed by atoms with E-state index in [-0.39, 0.29) is 5.41 Å². The molecule has 0 aliphatic heterocycles. The topological polar surface area (TPSA) is 0 Å². The van der Waals surface area contributed by atoms with Crippen LogP contribution in [0.15, 0.2) is 146 Å². The van der Waals surface area contributed by atoms with Crippen LogP contribution >= 0.6 is 0 Å². The van der Waals surface area contributed by atoms with E-state index in [1.54, 1.807) is 0 Å². The predicted octanol–water partition coefficient (Wildman–Crippen LogP) is 12.5. The third-order valence-corrected chi connectivity index (χ3v) is 10.6. The molecule has 1 aliphatic rings. The summed E-state index contributed by atoms with van der Waals surface area (Å²) in [5.41, 5.74) is 10.6. The fourth-order valence-electron chi connectivity index (χ4n) is 8.34. The highest BCUT2D eigenvalue weighted by atomic mass is 14.4. The SMILES string of the molecule is CC1(C)c2cc(-c3ccc(-c4ccc5ccc6cccc7ccc4c5c67)c4ccccc34)ccc2-c2cc3ccccc3cc21. The van der Waals surface area contributed by atoms with E-state index in [1.807, 2.05) is 0 Å². The van der Waals surface area contributed by atoms with E-state index in [1.165, 1.54) is 98.4 Å². The van der Waals surface area contributed by atoms with Gasteiger partial charge in [-0.05, 0) is 117 Å². The van der Waals surface area contributed by atoms with Crippen molar-refractivity contribution >= 4 is 53.9 Å². The van der Waals surface area contributed by atoms with Gasteiger partial charge in [0.25, 0.3) is 0 Å². The van der Waals surface area contributed by atoms with Gasteiger partial charge in [-0.3, -0.25) is 0 Å². The standard InChI is InChI=1S/C45H30/c1-45(2)41-26-32(18-20-38(41)40-24-30-8-3-4-9-31(30)25-42(40)45)33-22-23-36(35-13-6-5-12-34(33)35)37-19-16-29-15-14-27-10-7-11-28-17-21-39(37)44(29)43(27)28/h3-26H,1-2H3. The lowest BCUT2D eigenvalue weighted by molar-refractivity contribution is 0.661. The minimum absolute atomic E-state index is 0.0673. The molecular weight excluding hydrogens is 540 g/mol. The van der Waals surface area contributed by atoms with Gasteiger partial charge in [0.2, 0.25) is 0 Å². The fourth-order valence-corrected chi connectivity index (χ4v) is 8.34. The predicted molar refractivity (Wildman–Crippen MR) is 194 cm³/mol. The molecule has 0 saturated heterocycles. The number of fused-ring (bicyclic) bond motifs is 5. The highest BCUT2D eigenvalue weighted by Crippen LogP contribution is 2.51. The second-order valence-electron chi connectivity index (χ2n) is 13.3. The zero-order valence-corrected chi connectivity index (χ0v) is 25.4. The van der Waals surface area contributed by atoms with Gasteiger partial charge in [0.15, 0.2) is 0 Å². The smallest absolute Gasteiger partial charge is 0.0159 e. The Morgan fingerprint density at radius 1 is 0.333 bits per heavy atom. The highest BCUT2D eigenvalue weighted by molar-refractivity contribution is 6.26. The van der Waals surface area contributed by atoms with Crippen molar-refractivity contribution in [3.8, 4) is 33.4 Å². The van der Waals surface area contributed by atoms with Crippen LogP contribution in [-0.4, -0.2) is 0 Å². The number of benzene rings is 9. The molecule has 0 spiro atoms. The monoisotopic (exact) mass is 570 g/mol. The molecule has 45 heavy (non-hydrogen) atoms. The van der Waals surface area contributed by atoms with Crippen LogP contribution in [0.1, 0.15) is 25.0 Å². The van der Waals surface area contributed by atoms with Crippen LogP contribution in [0.4, 0.5) is 0 Å². The van der Waals surface area contributed by atoms with Crippen molar-refractivity contribution in [2.45, 2.75) is 19.3 Å². The molecule has 0 unspecified atom stereocenters. The number of rotatable bonds is 2. The summed E-state index contributed by atoms with van der Waals surface area (Å²) in [5.74, 6) is 0. The van der Waals surface area contributed by atoms with E-state index in [0.717, 1.165) is 0 Å². The van der Waals surface area contributed by atoms with Crippen LogP contribution in [0, 0.1) is 0 Å². The Morgan fingerprint density at radius 2 is 0.867 bits per heavy atom. The molecule has 0 atom stereocenters. The Kier molecular flexibility index (Phi) is 4.88. The Hall–Kier alpha value is -5.46. The molecule has 10 rings (SSSR count). The minimum Gasteiger partial charge on any atom is -0.0616 e. The molecule has 0 aromatic heterocycles. The summed E-state index contributed by atoms with van der Waals surface area (Å²) in [6.45, 7) is 4.76. The van der Waals surface area contributed by atoms with Gasteiger partial charge in [0, 0.05) is 5.41 Å². The van der Waals surface area contributed by atoms with Crippen LogP contribution < -0.4 is 0 Å². The molecule has 0 amide bonds. The lowest BCUT2D eigenvalue weighted by Gasteiger charge is -2.22. The molecule has 210 valence electrons. The zero-order valence-electron chi connectivity index (χ0n) is 25.4. The molecule has 0 bridgehead atoms. The number of hydrogen-bond donors (Lipinski definition) is 0. The van der Waals surface area contributed by atoms with E-state index in [4.69, 9.17) is 0 Å². The maximum absolute atomic E-state index is 2.46. The largest absolute Gasteiger partial charge is 0.0616 e. The summed E-state index contributed by atoms with van der Waals surface area (Å²) in [5, 5.41) is 13.2. The van der Waals surface area contributed by atoms with Gasteiger partial charge < -0.3 is 0 Å². The van der Waals surface area contributed by atoms with Crippen LogP contribution in [0.5, 0.6) is 0 Å². The molecule has 0 radical (unpaired) electrons. The third-order valence-electron chi connectivity index (χ3n) is 10.6. The van der Waals surface area contributed by atoms with Crippen LogP contribution in [0.3, 0.4) is 0 Å². The van der Waals surface area contributed by atoms with Crippen LogP contribution in [-0.2, 0) is 5.41 Å². The van der Waals surface area contributed by atoms with Crippen molar-refractivity contribution < 1.29 is 0 Å². The Morgan fingerprint density at radius 3 is 1.67 bits per heavy atom. The molecule has 0 fully saturated rings. The van der Waals surface area contributed by atoms with Gasteiger partial charge in [-0.2, -0.15) is 0 Å². The van der Waals surface area contributed by atoms with Gasteiger partial charge in [0.1, 0.15) is 0 Å². The first-order valence-corrected chi connectivity index (χ1v) is 15.9. The van der Waals surface area contributed by atoms with Crippen LogP contribution in [0.2, 0.25) is 0 Å². The second kappa shape index (κ2) is 8.80. The van der Waals surface area contributed by atoms with E-state index in [9.17, 15) is 0 Å². The van der Waals surface area contributed by atoms with E-state index < -0.39 is 0 Å². The van der Waals surface area contributed by atoms with Crippen molar-refractivity contribution in [3.05, 3.63) is 157 Å². The normalized spacial score (nSPS) is 13.7. The molecule has 9 aromatic rings. The summed E-state index contributed by atoms with van der Waals surface area (Å²) < 4.78 is 0. The highest BCUT2D eigenvalue weighted by Gasteiger charge is 2.36. The lowest BCUT2D eigenvalue weighted by atomic mass is 9.80. The van der Waals surface area contributed by atoms with E-state index in [2.05, 4.69) is 159 Å². The Balaban J connectivity index is 1.17. The minimum atomic E-state index is -0.0673. The van der Waals surface area contributed by atoms with E-state index in [0.29, 0.717) is 0 Å². The van der Waals surface area contributed by atoms with Gasteiger partial charge >= 0.3 is 0 Å². The second-order valence-corrected chi connectivity index (χ2v) is 13.3. The number of hydrogen-bond acceptors (Lipinski definition) is 0. The average Bonchev–Trinajstić information content (AvgIpc) is 3.30. The maximum atomic E-state index is 2.46. The van der Waals surface area contributed by atoms with Crippen molar-refractivity contribution in [2.75, 3.05) is 0 Å². The summed E-state index contributed by atoms with van der Waals surface area (Å²) in [4.78, 5) is 0. The summed E-state index contributed by atoms with van der Waals surface area (Å²) in [6.07, 6.45) is 0. The molecule has 0 nitrogen and oxygen atoms in total. The fraction of sp³-hybridized carbons (Fsp3) is 0.0667. The molecular formula is C45H30.